The first-order valence-electron chi connectivity index (χ1n) is 9.16. The first-order chi connectivity index (χ1) is 13.2. The highest BCUT2D eigenvalue weighted by Crippen LogP contribution is 2.26. The summed E-state index contributed by atoms with van der Waals surface area (Å²) in [5, 5.41) is 0. The number of rotatable bonds is 4. The maximum Gasteiger partial charge on any atom is 0.251 e. The van der Waals surface area contributed by atoms with E-state index in [1.54, 1.807) is 18.5 Å². The number of nitrogens with zero attached hydrogens (tertiary/aromatic N) is 3. The molecule has 2 aromatic heterocycles. The Bertz CT molecular complexity index is 973. The molecule has 1 aliphatic rings. The second kappa shape index (κ2) is 7.80. The molecular weight excluding hydrogens is 343 g/mol. The van der Waals surface area contributed by atoms with E-state index in [0.717, 1.165) is 31.5 Å². The van der Waals surface area contributed by atoms with Crippen LogP contribution in [-0.2, 0) is 6.54 Å². The maximum atomic E-state index is 14.0. The number of aromatic nitrogens is 3. The Hall–Kier alpha value is -2.86. The van der Waals surface area contributed by atoms with Crippen LogP contribution in [0.3, 0.4) is 0 Å². The van der Waals surface area contributed by atoms with Crippen molar-refractivity contribution < 1.29 is 4.39 Å². The van der Waals surface area contributed by atoms with Crippen molar-refractivity contribution in [2.75, 3.05) is 13.1 Å². The number of hydrogen-bond donors (Lipinski definition) is 1. The number of hydrogen-bond acceptors (Lipinski definition) is 4. The van der Waals surface area contributed by atoms with Crippen LogP contribution in [0.25, 0.3) is 11.3 Å². The molecule has 0 bridgehead atoms. The molecule has 1 aromatic carbocycles. The fourth-order valence-electron chi connectivity index (χ4n) is 3.63. The normalized spacial score (nSPS) is 17.7. The number of H-pyrrole nitrogens is 1. The monoisotopic (exact) mass is 364 g/mol. The van der Waals surface area contributed by atoms with Gasteiger partial charge in [0.05, 0.1) is 5.69 Å². The van der Waals surface area contributed by atoms with Crippen LogP contribution in [-0.4, -0.2) is 32.9 Å². The molecule has 3 aromatic rings. The van der Waals surface area contributed by atoms with Gasteiger partial charge in [0.1, 0.15) is 11.6 Å². The van der Waals surface area contributed by atoms with E-state index in [4.69, 9.17) is 4.98 Å². The number of piperidine rings is 1. The van der Waals surface area contributed by atoms with E-state index in [1.165, 1.54) is 12.1 Å². The number of pyridine rings is 1. The molecule has 1 fully saturated rings. The molecule has 0 spiro atoms. The summed E-state index contributed by atoms with van der Waals surface area (Å²) < 4.78 is 14.0. The lowest BCUT2D eigenvalue weighted by Gasteiger charge is -2.32. The molecule has 138 valence electrons. The lowest BCUT2D eigenvalue weighted by atomic mass is 9.96. The average molecular weight is 364 g/mol. The standard InChI is InChI=1S/C21H21FN4O/c22-18-6-2-1-4-16(18)13-26-11-3-5-17(14-26)21-24-19(12-20(27)25-21)15-7-9-23-10-8-15/h1-2,4,6-10,12,17H,3,5,11,13-14H2,(H,24,25,27)/t17-/m1/s1. The fraction of sp³-hybridized carbons (Fsp3) is 0.286. The predicted molar refractivity (Wildman–Crippen MR) is 102 cm³/mol. The minimum Gasteiger partial charge on any atom is -0.310 e. The van der Waals surface area contributed by atoms with Crippen molar-refractivity contribution in [3.63, 3.8) is 0 Å². The molecule has 0 amide bonds. The van der Waals surface area contributed by atoms with Crippen molar-refractivity contribution in [1.29, 1.82) is 0 Å². The van der Waals surface area contributed by atoms with Gasteiger partial charge in [0.2, 0.25) is 0 Å². The van der Waals surface area contributed by atoms with Crippen LogP contribution in [0, 0.1) is 5.82 Å². The Kier molecular flexibility index (Phi) is 5.07. The minimum atomic E-state index is -0.175. The molecule has 1 atom stereocenters. The van der Waals surface area contributed by atoms with Crippen LogP contribution in [0.2, 0.25) is 0 Å². The first-order valence-corrected chi connectivity index (χ1v) is 9.16. The quantitative estimate of drug-likeness (QED) is 0.771. The summed E-state index contributed by atoms with van der Waals surface area (Å²) in [6.45, 7) is 2.23. The summed E-state index contributed by atoms with van der Waals surface area (Å²) >= 11 is 0. The molecule has 0 unspecified atom stereocenters. The topological polar surface area (TPSA) is 61.9 Å². The maximum absolute atomic E-state index is 14.0. The van der Waals surface area contributed by atoms with Crippen LogP contribution in [0.4, 0.5) is 4.39 Å². The molecule has 1 saturated heterocycles. The smallest absolute Gasteiger partial charge is 0.251 e. The van der Waals surface area contributed by atoms with Gasteiger partial charge in [0.25, 0.3) is 5.56 Å². The Morgan fingerprint density at radius 3 is 2.81 bits per heavy atom. The number of halogens is 1. The van der Waals surface area contributed by atoms with E-state index >= 15 is 0 Å². The summed E-state index contributed by atoms with van der Waals surface area (Å²) in [5.74, 6) is 0.651. The van der Waals surface area contributed by atoms with Crippen LogP contribution in [0.5, 0.6) is 0 Å². The third kappa shape index (κ3) is 4.11. The Balaban J connectivity index is 1.55. The second-order valence-electron chi connectivity index (χ2n) is 6.92. The van der Waals surface area contributed by atoms with Gasteiger partial charge in [-0.2, -0.15) is 0 Å². The molecule has 0 radical (unpaired) electrons. The molecule has 6 heteroatoms. The zero-order chi connectivity index (χ0) is 18.6. The fourth-order valence-corrected chi connectivity index (χ4v) is 3.63. The molecule has 0 aliphatic carbocycles. The summed E-state index contributed by atoms with van der Waals surface area (Å²) in [6, 6.07) is 12.1. The Morgan fingerprint density at radius 2 is 2.00 bits per heavy atom. The summed E-state index contributed by atoms with van der Waals surface area (Å²) in [6.07, 6.45) is 5.32. The van der Waals surface area contributed by atoms with Gasteiger partial charge in [-0.3, -0.25) is 14.7 Å². The molecule has 3 heterocycles. The molecule has 1 aliphatic heterocycles. The van der Waals surface area contributed by atoms with Gasteiger partial charge in [0, 0.05) is 48.6 Å². The summed E-state index contributed by atoms with van der Waals surface area (Å²) in [7, 11) is 0. The van der Waals surface area contributed by atoms with E-state index in [0.29, 0.717) is 23.6 Å². The molecule has 27 heavy (non-hydrogen) atoms. The van der Waals surface area contributed by atoms with Crippen molar-refractivity contribution >= 4 is 0 Å². The highest BCUT2D eigenvalue weighted by Gasteiger charge is 2.24. The lowest BCUT2D eigenvalue weighted by Crippen LogP contribution is -2.35. The van der Waals surface area contributed by atoms with E-state index < -0.39 is 0 Å². The van der Waals surface area contributed by atoms with Gasteiger partial charge in [0.15, 0.2) is 0 Å². The first kappa shape index (κ1) is 17.5. The van der Waals surface area contributed by atoms with E-state index in [1.807, 2.05) is 24.3 Å². The van der Waals surface area contributed by atoms with E-state index in [2.05, 4.69) is 14.9 Å². The number of likely N-dealkylation sites (tertiary alicyclic amines) is 1. The van der Waals surface area contributed by atoms with Crippen LogP contribution >= 0.6 is 0 Å². The second-order valence-corrected chi connectivity index (χ2v) is 6.92. The van der Waals surface area contributed by atoms with Crippen LogP contribution in [0.1, 0.15) is 30.1 Å². The summed E-state index contributed by atoms with van der Waals surface area (Å²) in [5.41, 5.74) is 2.07. The number of aromatic amines is 1. The van der Waals surface area contributed by atoms with Crippen LogP contribution < -0.4 is 5.56 Å². The molecule has 4 rings (SSSR count). The van der Waals surface area contributed by atoms with Crippen molar-refractivity contribution in [1.82, 2.24) is 19.9 Å². The Morgan fingerprint density at radius 1 is 1.19 bits per heavy atom. The van der Waals surface area contributed by atoms with Gasteiger partial charge in [-0.25, -0.2) is 9.37 Å². The van der Waals surface area contributed by atoms with Crippen LogP contribution in [0.15, 0.2) is 59.7 Å². The SMILES string of the molecule is O=c1cc(-c2ccncc2)nc([C@@H]2CCCN(Cc3ccccc3F)C2)[nH]1. The van der Waals surface area contributed by atoms with Gasteiger partial charge in [-0.05, 0) is 37.6 Å². The molecular formula is C21H21FN4O. The molecule has 5 nitrogen and oxygen atoms in total. The highest BCUT2D eigenvalue weighted by molar-refractivity contribution is 5.57. The van der Waals surface area contributed by atoms with Crippen molar-refractivity contribution in [2.24, 2.45) is 0 Å². The van der Waals surface area contributed by atoms with Gasteiger partial charge < -0.3 is 4.98 Å². The summed E-state index contributed by atoms with van der Waals surface area (Å²) in [4.78, 5) is 26.0. The van der Waals surface area contributed by atoms with Gasteiger partial charge in [-0.1, -0.05) is 18.2 Å². The van der Waals surface area contributed by atoms with E-state index in [-0.39, 0.29) is 17.3 Å². The molecule has 1 N–H and O–H groups in total. The van der Waals surface area contributed by atoms with Crippen molar-refractivity contribution in [3.05, 3.63) is 82.4 Å². The number of nitrogens with one attached hydrogen (secondary N) is 1. The zero-order valence-electron chi connectivity index (χ0n) is 14.9. The van der Waals surface area contributed by atoms with Gasteiger partial charge >= 0.3 is 0 Å². The third-order valence-electron chi connectivity index (χ3n) is 4.98. The van der Waals surface area contributed by atoms with Gasteiger partial charge in [-0.15, -0.1) is 0 Å². The largest absolute Gasteiger partial charge is 0.310 e. The van der Waals surface area contributed by atoms with Crippen molar-refractivity contribution in [2.45, 2.75) is 25.3 Å². The third-order valence-corrected chi connectivity index (χ3v) is 4.98. The molecule has 0 saturated carbocycles. The predicted octanol–water partition coefficient (Wildman–Crippen LogP) is 3.35. The highest BCUT2D eigenvalue weighted by atomic mass is 19.1. The number of benzene rings is 1. The Labute approximate surface area is 156 Å². The zero-order valence-corrected chi connectivity index (χ0v) is 14.9. The van der Waals surface area contributed by atoms with E-state index in [9.17, 15) is 9.18 Å². The average Bonchev–Trinajstić information content (AvgIpc) is 2.70. The van der Waals surface area contributed by atoms with Crippen molar-refractivity contribution in [3.8, 4) is 11.3 Å². The minimum absolute atomic E-state index is 0.125. The lowest BCUT2D eigenvalue weighted by molar-refractivity contribution is 0.194.